The largest absolute Gasteiger partial charge is 0.311 e. The Hall–Kier alpha value is -1.19. The van der Waals surface area contributed by atoms with Crippen molar-refractivity contribution >= 4 is 11.3 Å². The Morgan fingerprint density at radius 2 is 2.31 bits per heavy atom. The van der Waals surface area contributed by atoms with Crippen molar-refractivity contribution in [3.63, 3.8) is 0 Å². The number of nitrogens with zero attached hydrogens (tertiary/aromatic N) is 1. The van der Waals surface area contributed by atoms with Gasteiger partial charge in [-0.25, -0.2) is 0 Å². The van der Waals surface area contributed by atoms with Crippen LogP contribution < -0.4 is 5.32 Å². The maximum atomic E-state index is 4.05. The van der Waals surface area contributed by atoms with Crippen LogP contribution in [0, 0.1) is 6.92 Å². The summed E-state index contributed by atoms with van der Waals surface area (Å²) in [6.45, 7) is 4.08. The van der Waals surface area contributed by atoms with E-state index < -0.39 is 0 Å². The number of rotatable bonds is 5. The molecule has 2 nitrogen and oxygen atoms in total. The van der Waals surface area contributed by atoms with E-state index in [1.54, 1.807) is 11.3 Å². The molecule has 84 valence electrons. The van der Waals surface area contributed by atoms with E-state index in [1.165, 1.54) is 16.0 Å². The molecule has 0 aliphatic carbocycles. The molecule has 16 heavy (non-hydrogen) atoms. The van der Waals surface area contributed by atoms with Crippen LogP contribution in [0.3, 0.4) is 0 Å². The summed E-state index contributed by atoms with van der Waals surface area (Å²) in [6, 6.07) is 8.68. The lowest BCUT2D eigenvalue weighted by molar-refractivity contribution is 0.692. The Labute approximate surface area is 100 Å². The van der Waals surface area contributed by atoms with E-state index in [4.69, 9.17) is 0 Å². The molecule has 0 unspecified atom stereocenters. The molecule has 0 saturated carbocycles. The summed E-state index contributed by atoms with van der Waals surface area (Å²) in [4.78, 5) is 5.34. The second-order valence-corrected chi connectivity index (χ2v) is 4.85. The molecule has 0 amide bonds. The summed E-state index contributed by atoms with van der Waals surface area (Å²) >= 11 is 1.70. The summed E-state index contributed by atoms with van der Waals surface area (Å²) in [5.41, 5.74) is 4.61. The average molecular weight is 232 g/mol. The molecule has 0 fully saturated rings. The first-order chi connectivity index (χ1) is 7.84. The molecule has 1 aromatic heterocycles. The van der Waals surface area contributed by atoms with Gasteiger partial charge in [-0.15, -0.1) is 11.3 Å². The molecule has 0 bridgehead atoms. The smallest absolute Gasteiger partial charge is 0.0794 e. The van der Waals surface area contributed by atoms with Crippen molar-refractivity contribution < 1.29 is 0 Å². The third kappa shape index (κ3) is 3.43. The van der Waals surface area contributed by atoms with Crippen molar-refractivity contribution in [2.45, 2.75) is 19.9 Å². The predicted molar refractivity (Wildman–Crippen MR) is 68.7 cm³/mol. The number of hydrogen-bond acceptors (Lipinski definition) is 3. The molecule has 0 radical (unpaired) electrons. The maximum Gasteiger partial charge on any atom is 0.0794 e. The van der Waals surface area contributed by atoms with Gasteiger partial charge in [0.2, 0.25) is 0 Å². The summed E-state index contributed by atoms with van der Waals surface area (Å²) in [5.74, 6) is 0. The third-order valence-corrected chi connectivity index (χ3v) is 3.24. The molecule has 0 aliphatic rings. The number of hydrogen-bond donors (Lipinski definition) is 1. The van der Waals surface area contributed by atoms with E-state index >= 15 is 0 Å². The minimum absolute atomic E-state index is 0.927. The van der Waals surface area contributed by atoms with E-state index in [0.29, 0.717) is 0 Å². The molecule has 0 saturated heterocycles. The molecule has 1 heterocycles. The van der Waals surface area contributed by atoms with Crippen LogP contribution in [-0.4, -0.2) is 11.5 Å². The monoisotopic (exact) mass is 232 g/mol. The highest BCUT2D eigenvalue weighted by Gasteiger charge is 1.95. The van der Waals surface area contributed by atoms with Crippen molar-refractivity contribution in [1.29, 1.82) is 0 Å². The quantitative estimate of drug-likeness (QED) is 0.802. The second-order valence-electron chi connectivity index (χ2n) is 3.88. The number of aromatic nitrogens is 1. The topological polar surface area (TPSA) is 24.9 Å². The van der Waals surface area contributed by atoms with Crippen LogP contribution in [0.25, 0.3) is 0 Å². The highest BCUT2D eigenvalue weighted by Crippen LogP contribution is 2.06. The number of benzene rings is 1. The first-order valence-corrected chi connectivity index (χ1v) is 6.36. The zero-order valence-electron chi connectivity index (χ0n) is 9.44. The Morgan fingerprint density at radius 1 is 1.38 bits per heavy atom. The summed E-state index contributed by atoms with van der Waals surface area (Å²) in [7, 11) is 0. The Morgan fingerprint density at radius 3 is 3.06 bits per heavy atom. The van der Waals surface area contributed by atoms with Crippen LogP contribution in [0.5, 0.6) is 0 Å². The van der Waals surface area contributed by atoms with Gasteiger partial charge in [0.15, 0.2) is 0 Å². The lowest BCUT2D eigenvalue weighted by Crippen LogP contribution is -2.15. The van der Waals surface area contributed by atoms with Gasteiger partial charge < -0.3 is 5.32 Å². The number of thiazole rings is 1. The number of aryl methyl sites for hydroxylation is 1. The van der Waals surface area contributed by atoms with E-state index in [-0.39, 0.29) is 0 Å². The summed E-state index contributed by atoms with van der Waals surface area (Å²) < 4.78 is 0. The van der Waals surface area contributed by atoms with Crippen LogP contribution in [0.15, 0.2) is 36.0 Å². The third-order valence-electron chi connectivity index (χ3n) is 2.46. The minimum Gasteiger partial charge on any atom is -0.311 e. The number of nitrogens with one attached hydrogen (secondary N) is 1. The Balaban J connectivity index is 1.72. The van der Waals surface area contributed by atoms with Crippen LogP contribution in [0.1, 0.15) is 16.0 Å². The maximum absolute atomic E-state index is 4.05. The van der Waals surface area contributed by atoms with Gasteiger partial charge >= 0.3 is 0 Å². The van der Waals surface area contributed by atoms with Gasteiger partial charge in [-0.3, -0.25) is 4.98 Å². The molecule has 2 aromatic rings. The lowest BCUT2D eigenvalue weighted by atomic mass is 10.1. The van der Waals surface area contributed by atoms with Crippen LogP contribution in [0.4, 0.5) is 0 Å². The lowest BCUT2D eigenvalue weighted by Gasteiger charge is -2.04. The zero-order valence-corrected chi connectivity index (χ0v) is 10.3. The highest BCUT2D eigenvalue weighted by atomic mass is 32.1. The predicted octanol–water partition coefficient (Wildman–Crippen LogP) is 2.78. The van der Waals surface area contributed by atoms with Crippen molar-refractivity contribution in [1.82, 2.24) is 10.3 Å². The van der Waals surface area contributed by atoms with Crippen LogP contribution >= 0.6 is 11.3 Å². The standard InChI is InChI=1S/C13H16N2S/c1-11-3-2-4-12(7-11)5-6-14-8-13-9-15-10-16-13/h2-4,7,9-10,14H,5-6,8H2,1H3. The molecular weight excluding hydrogens is 216 g/mol. The Kier molecular flexibility index (Phi) is 4.08. The van der Waals surface area contributed by atoms with Crippen molar-refractivity contribution in [2.24, 2.45) is 0 Å². The molecule has 2 rings (SSSR count). The molecule has 0 aliphatic heterocycles. The van der Waals surface area contributed by atoms with Crippen LogP contribution in [-0.2, 0) is 13.0 Å². The van der Waals surface area contributed by atoms with E-state index in [2.05, 4.69) is 41.5 Å². The SMILES string of the molecule is Cc1cccc(CCNCc2cncs2)c1. The first kappa shape index (κ1) is 11.3. The van der Waals surface area contributed by atoms with Gasteiger partial charge in [-0.1, -0.05) is 29.8 Å². The molecule has 3 heteroatoms. The van der Waals surface area contributed by atoms with Crippen LogP contribution in [0.2, 0.25) is 0 Å². The minimum atomic E-state index is 0.927. The second kappa shape index (κ2) is 5.77. The van der Waals surface area contributed by atoms with E-state index in [9.17, 15) is 0 Å². The fraction of sp³-hybridized carbons (Fsp3) is 0.308. The van der Waals surface area contributed by atoms with Gasteiger partial charge in [0.05, 0.1) is 5.51 Å². The average Bonchev–Trinajstić information content (AvgIpc) is 2.77. The first-order valence-electron chi connectivity index (χ1n) is 5.48. The van der Waals surface area contributed by atoms with E-state index in [1.807, 2.05) is 11.7 Å². The normalized spacial score (nSPS) is 10.6. The highest BCUT2D eigenvalue weighted by molar-refractivity contribution is 7.09. The molecule has 0 spiro atoms. The molecule has 0 atom stereocenters. The van der Waals surface area contributed by atoms with Crippen molar-refractivity contribution in [2.75, 3.05) is 6.54 Å². The Bertz CT molecular complexity index is 423. The summed E-state index contributed by atoms with van der Waals surface area (Å²) in [5, 5.41) is 3.43. The fourth-order valence-electron chi connectivity index (χ4n) is 1.64. The van der Waals surface area contributed by atoms with Gasteiger partial charge in [0.25, 0.3) is 0 Å². The van der Waals surface area contributed by atoms with E-state index in [0.717, 1.165) is 19.5 Å². The zero-order chi connectivity index (χ0) is 11.2. The molecule has 1 aromatic carbocycles. The fourth-order valence-corrected chi connectivity index (χ4v) is 2.21. The van der Waals surface area contributed by atoms with Crippen molar-refractivity contribution in [3.8, 4) is 0 Å². The van der Waals surface area contributed by atoms with Gasteiger partial charge in [-0.2, -0.15) is 0 Å². The van der Waals surface area contributed by atoms with Gasteiger partial charge in [-0.05, 0) is 25.5 Å². The summed E-state index contributed by atoms with van der Waals surface area (Å²) in [6.07, 6.45) is 3.00. The molecule has 1 N–H and O–H groups in total. The van der Waals surface area contributed by atoms with Crippen molar-refractivity contribution in [3.05, 3.63) is 52.0 Å². The van der Waals surface area contributed by atoms with Gasteiger partial charge in [0.1, 0.15) is 0 Å². The molecular formula is C13H16N2S. The van der Waals surface area contributed by atoms with Gasteiger partial charge in [0, 0.05) is 17.6 Å².